The monoisotopic (exact) mass is 296 g/mol. The van der Waals surface area contributed by atoms with Crippen LogP contribution in [-0.2, 0) is 0 Å². The second-order valence-electron chi connectivity index (χ2n) is 4.57. The fraction of sp³-hybridized carbons (Fsp3) is 0.429. The van der Waals surface area contributed by atoms with Gasteiger partial charge in [-0.25, -0.2) is 0 Å². The molecule has 0 aliphatic heterocycles. The van der Waals surface area contributed by atoms with Gasteiger partial charge in [0, 0.05) is 11.6 Å². The van der Waals surface area contributed by atoms with Crippen molar-refractivity contribution in [3.8, 4) is 17.6 Å². The topological polar surface area (TPSA) is 62.6 Å². The Morgan fingerprint density at radius 1 is 1.48 bits per heavy atom. The summed E-state index contributed by atoms with van der Waals surface area (Å²) in [6.07, 6.45) is 1.74. The summed E-state index contributed by atoms with van der Waals surface area (Å²) in [6.45, 7) is -2.97. The smallest absolute Gasteiger partial charge is 0.387 e. The molecule has 7 heteroatoms. The summed E-state index contributed by atoms with van der Waals surface area (Å²) in [4.78, 5) is 13.8. The SMILES string of the molecule is COc1cc(C(=O)N(CC#N)C2CC2)ccc1OC(F)F. The van der Waals surface area contributed by atoms with Crippen LogP contribution in [-0.4, -0.2) is 37.1 Å². The number of nitrogens with zero attached hydrogens (tertiary/aromatic N) is 2. The van der Waals surface area contributed by atoms with Crippen LogP contribution >= 0.6 is 0 Å². The third-order valence-corrected chi connectivity index (χ3v) is 3.12. The first-order chi connectivity index (χ1) is 10.1. The molecule has 0 aromatic heterocycles. The minimum atomic E-state index is -2.97. The summed E-state index contributed by atoms with van der Waals surface area (Å²) in [6, 6.07) is 6.02. The van der Waals surface area contributed by atoms with Crippen molar-refractivity contribution in [1.82, 2.24) is 4.90 Å². The molecule has 112 valence electrons. The van der Waals surface area contributed by atoms with Gasteiger partial charge in [0.2, 0.25) is 0 Å². The summed E-state index contributed by atoms with van der Waals surface area (Å²) in [5, 5.41) is 8.78. The molecule has 0 spiro atoms. The Hall–Kier alpha value is -2.36. The van der Waals surface area contributed by atoms with Crippen molar-refractivity contribution in [2.24, 2.45) is 0 Å². The summed E-state index contributed by atoms with van der Waals surface area (Å²) in [5.74, 6) is -0.405. The summed E-state index contributed by atoms with van der Waals surface area (Å²) in [7, 11) is 1.30. The van der Waals surface area contributed by atoms with Gasteiger partial charge in [-0.1, -0.05) is 0 Å². The number of carbonyl (C=O) groups excluding carboxylic acids is 1. The lowest BCUT2D eigenvalue weighted by atomic mass is 10.1. The number of halogens is 2. The number of alkyl halides is 2. The number of methoxy groups -OCH3 is 1. The van der Waals surface area contributed by atoms with Crippen LogP contribution in [0, 0.1) is 11.3 Å². The Bertz CT molecular complexity index is 568. The molecule has 0 unspecified atom stereocenters. The second kappa shape index (κ2) is 6.39. The highest BCUT2D eigenvalue weighted by atomic mass is 19.3. The lowest BCUT2D eigenvalue weighted by molar-refractivity contribution is -0.0512. The standard InChI is InChI=1S/C14H14F2N2O3/c1-20-12-8-9(2-5-11(12)21-14(15)16)13(19)18(7-6-17)10-3-4-10/h2,5,8,10,14H,3-4,7H2,1H3. The van der Waals surface area contributed by atoms with E-state index in [4.69, 9.17) is 10.00 Å². The average Bonchev–Trinajstić information content (AvgIpc) is 3.28. The van der Waals surface area contributed by atoms with Crippen molar-refractivity contribution in [3.05, 3.63) is 23.8 Å². The van der Waals surface area contributed by atoms with Crippen molar-refractivity contribution < 1.29 is 23.0 Å². The van der Waals surface area contributed by atoms with Crippen molar-refractivity contribution in [2.75, 3.05) is 13.7 Å². The molecule has 0 N–H and O–H groups in total. The van der Waals surface area contributed by atoms with Gasteiger partial charge in [0.1, 0.15) is 6.54 Å². The maximum Gasteiger partial charge on any atom is 0.387 e. The predicted octanol–water partition coefficient (Wildman–Crippen LogP) is 2.42. The molecular weight excluding hydrogens is 282 g/mol. The van der Waals surface area contributed by atoms with E-state index >= 15 is 0 Å². The van der Waals surface area contributed by atoms with Crippen LogP contribution in [0.15, 0.2) is 18.2 Å². The first-order valence-corrected chi connectivity index (χ1v) is 6.37. The van der Waals surface area contributed by atoms with Gasteiger partial charge < -0.3 is 14.4 Å². The van der Waals surface area contributed by atoms with E-state index in [0.29, 0.717) is 0 Å². The fourth-order valence-electron chi connectivity index (χ4n) is 1.99. The zero-order chi connectivity index (χ0) is 15.4. The van der Waals surface area contributed by atoms with Crippen molar-refractivity contribution in [2.45, 2.75) is 25.5 Å². The maximum atomic E-state index is 12.3. The first kappa shape index (κ1) is 15.0. The Kier molecular flexibility index (Phi) is 4.58. The van der Waals surface area contributed by atoms with Crippen LogP contribution in [0.1, 0.15) is 23.2 Å². The van der Waals surface area contributed by atoms with Gasteiger partial charge in [-0.3, -0.25) is 4.79 Å². The number of hydrogen-bond donors (Lipinski definition) is 0. The molecule has 0 bridgehead atoms. The van der Waals surface area contributed by atoms with E-state index in [1.165, 1.54) is 30.2 Å². The molecule has 1 aliphatic carbocycles. The van der Waals surface area contributed by atoms with Crippen LogP contribution < -0.4 is 9.47 Å². The van der Waals surface area contributed by atoms with Gasteiger partial charge >= 0.3 is 6.61 Å². The minimum Gasteiger partial charge on any atom is -0.493 e. The molecule has 1 fully saturated rings. The number of nitriles is 1. The van der Waals surface area contributed by atoms with Crippen LogP contribution in [0.4, 0.5) is 8.78 Å². The van der Waals surface area contributed by atoms with E-state index in [-0.39, 0.29) is 35.6 Å². The van der Waals surface area contributed by atoms with Crippen LogP contribution in [0.3, 0.4) is 0 Å². The van der Waals surface area contributed by atoms with E-state index in [1.807, 2.05) is 6.07 Å². The van der Waals surface area contributed by atoms with E-state index in [0.717, 1.165) is 12.8 Å². The highest BCUT2D eigenvalue weighted by Gasteiger charge is 2.33. The van der Waals surface area contributed by atoms with Crippen molar-refractivity contribution >= 4 is 5.91 Å². The number of carbonyl (C=O) groups is 1. The number of amides is 1. The molecule has 0 atom stereocenters. The molecule has 1 aromatic rings. The largest absolute Gasteiger partial charge is 0.493 e. The number of ether oxygens (including phenoxy) is 2. The highest BCUT2D eigenvalue weighted by Crippen LogP contribution is 2.32. The molecule has 1 saturated carbocycles. The molecule has 0 saturated heterocycles. The minimum absolute atomic E-state index is 0.00109. The summed E-state index contributed by atoms with van der Waals surface area (Å²) in [5.41, 5.74) is 0.274. The first-order valence-electron chi connectivity index (χ1n) is 6.37. The van der Waals surface area contributed by atoms with Crippen molar-refractivity contribution in [1.29, 1.82) is 5.26 Å². The molecule has 1 aliphatic rings. The number of hydrogen-bond acceptors (Lipinski definition) is 4. The Balaban J connectivity index is 2.23. The van der Waals surface area contributed by atoms with E-state index in [9.17, 15) is 13.6 Å². The van der Waals surface area contributed by atoms with Gasteiger partial charge in [0.05, 0.1) is 13.2 Å². The predicted molar refractivity (Wildman–Crippen MR) is 69.3 cm³/mol. The van der Waals surface area contributed by atoms with E-state index in [2.05, 4.69) is 4.74 Å². The zero-order valence-electron chi connectivity index (χ0n) is 11.4. The van der Waals surface area contributed by atoms with Gasteiger partial charge in [-0.05, 0) is 31.0 Å². The van der Waals surface area contributed by atoms with Gasteiger partial charge in [0.15, 0.2) is 11.5 Å². The van der Waals surface area contributed by atoms with Gasteiger partial charge in [0.25, 0.3) is 5.91 Å². The van der Waals surface area contributed by atoms with Gasteiger partial charge in [-0.15, -0.1) is 0 Å². The normalized spacial score (nSPS) is 13.7. The molecular formula is C14H14F2N2O3. The molecule has 5 nitrogen and oxygen atoms in total. The number of rotatable bonds is 6. The summed E-state index contributed by atoms with van der Waals surface area (Å²) >= 11 is 0. The fourth-order valence-corrected chi connectivity index (χ4v) is 1.99. The third-order valence-electron chi connectivity index (χ3n) is 3.12. The molecule has 1 amide bonds. The van der Waals surface area contributed by atoms with Gasteiger partial charge in [-0.2, -0.15) is 14.0 Å². The Morgan fingerprint density at radius 2 is 2.19 bits per heavy atom. The summed E-state index contributed by atoms with van der Waals surface area (Å²) < 4.78 is 33.8. The van der Waals surface area contributed by atoms with E-state index < -0.39 is 6.61 Å². The molecule has 0 radical (unpaired) electrons. The van der Waals surface area contributed by atoms with Crippen LogP contribution in [0.2, 0.25) is 0 Å². The maximum absolute atomic E-state index is 12.3. The third kappa shape index (κ3) is 3.60. The lowest BCUT2D eigenvalue weighted by Gasteiger charge is -2.19. The Labute approximate surface area is 120 Å². The molecule has 0 heterocycles. The molecule has 21 heavy (non-hydrogen) atoms. The zero-order valence-corrected chi connectivity index (χ0v) is 11.4. The molecule has 1 aromatic carbocycles. The Morgan fingerprint density at radius 3 is 2.71 bits per heavy atom. The highest BCUT2D eigenvalue weighted by molar-refractivity contribution is 5.95. The quantitative estimate of drug-likeness (QED) is 0.756. The average molecular weight is 296 g/mol. The van der Waals surface area contributed by atoms with Crippen LogP contribution in [0.5, 0.6) is 11.5 Å². The number of benzene rings is 1. The second-order valence-corrected chi connectivity index (χ2v) is 4.57. The van der Waals surface area contributed by atoms with E-state index in [1.54, 1.807) is 0 Å². The van der Waals surface area contributed by atoms with Crippen LogP contribution in [0.25, 0.3) is 0 Å². The van der Waals surface area contributed by atoms with Crippen molar-refractivity contribution in [3.63, 3.8) is 0 Å². The molecule has 2 rings (SSSR count). The lowest BCUT2D eigenvalue weighted by Crippen LogP contribution is -2.33.